The van der Waals surface area contributed by atoms with E-state index in [2.05, 4.69) is 4.74 Å². The van der Waals surface area contributed by atoms with Crippen LogP contribution in [0.1, 0.15) is 12.5 Å². The third-order valence-corrected chi connectivity index (χ3v) is 4.77. The quantitative estimate of drug-likeness (QED) is 0.448. The molecular formula is C14H12INO5S. The van der Waals surface area contributed by atoms with E-state index in [1.807, 2.05) is 22.6 Å². The van der Waals surface area contributed by atoms with E-state index in [0.29, 0.717) is 9.13 Å². The molecule has 1 aliphatic rings. The molecule has 1 unspecified atom stereocenters. The Kier molecular flexibility index (Phi) is 5.12. The lowest BCUT2D eigenvalue weighted by atomic mass is 10.2. The maximum Gasteiger partial charge on any atom is 0.328 e. The number of esters is 1. The van der Waals surface area contributed by atoms with Crippen LogP contribution in [0.5, 0.6) is 5.75 Å². The van der Waals surface area contributed by atoms with Crippen molar-refractivity contribution in [2.75, 3.05) is 7.11 Å². The topological polar surface area (TPSA) is 83.9 Å². The van der Waals surface area contributed by atoms with E-state index in [9.17, 15) is 19.5 Å². The first-order chi connectivity index (χ1) is 10.3. The standard InChI is InChI=1S/C14H12INO5S/c1-7(13(19)21-2)16-12(18)11(22-14(16)20)6-8-3-4-10(17)9(15)5-8/h3-7,17H,1-2H3/b11-6+. The zero-order chi connectivity index (χ0) is 16.4. The van der Waals surface area contributed by atoms with Crippen molar-refractivity contribution < 1.29 is 24.2 Å². The van der Waals surface area contributed by atoms with Crippen LogP contribution in [0.3, 0.4) is 0 Å². The summed E-state index contributed by atoms with van der Waals surface area (Å²) in [5, 5.41) is 8.98. The number of hydrogen-bond acceptors (Lipinski definition) is 6. The van der Waals surface area contributed by atoms with Crippen LogP contribution < -0.4 is 0 Å². The number of thioether (sulfide) groups is 1. The minimum atomic E-state index is -0.969. The summed E-state index contributed by atoms with van der Waals surface area (Å²) in [6, 6.07) is 3.86. The van der Waals surface area contributed by atoms with Gasteiger partial charge in [0.2, 0.25) is 0 Å². The number of imide groups is 1. The first kappa shape index (κ1) is 16.8. The predicted molar refractivity (Wildman–Crippen MR) is 90.1 cm³/mol. The Morgan fingerprint density at radius 3 is 2.73 bits per heavy atom. The zero-order valence-corrected chi connectivity index (χ0v) is 14.7. The molecule has 0 saturated carbocycles. The van der Waals surface area contributed by atoms with E-state index in [1.54, 1.807) is 18.2 Å². The highest BCUT2D eigenvalue weighted by Crippen LogP contribution is 2.34. The number of rotatable bonds is 3. The van der Waals surface area contributed by atoms with Crippen molar-refractivity contribution in [3.8, 4) is 5.75 Å². The lowest BCUT2D eigenvalue weighted by Gasteiger charge is -2.18. The summed E-state index contributed by atoms with van der Waals surface area (Å²) < 4.78 is 5.19. The van der Waals surface area contributed by atoms with Crippen LogP contribution in [-0.2, 0) is 14.3 Å². The van der Waals surface area contributed by atoms with Gasteiger partial charge in [-0.1, -0.05) is 6.07 Å². The number of methoxy groups -OCH3 is 1. The van der Waals surface area contributed by atoms with Gasteiger partial charge < -0.3 is 9.84 Å². The van der Waals surface area contributed by atoms with Crippen LogP contribution >= 0.6 is 34.4 Å². The number of benzene rings is 1. The molecule has 22 heavy (non-hydrogen) atoms. The van der Waals surface area contributed by atoms with Gasteiger partial charge in [0.05, 0.1) is 15.6 Å². The van der Waals surface area contributed by atoms with Gasteiger partial charge in [0.25, 0.3) is 11.1 Å². The largest absolute Gasteiger partial charge is 0.507 e. The molecule has 1 aromatic carbocycles. The van der Waals surface area contributed by atoms with E-state index in [1.165, 1.54) is 20.1 Å². The minimum absolute atomic E-state index is 0.144. The molecule has 1 aromatic rings. The molecule has 2 rings (SSSR count). The third-order valence-electron chi connectivity index (χ3n) is 3.02. The molecule has 0 bridgehead atoms. The first-order valence-corrected chi connectivity index (χ1v) is 8.08. The number of ether oxygens (including phenoxy) is 1. The fourth-order valence-corrected chi connectivity index (χ4v) is 3.30. The predicted octanol–water partition coefficient (Wildman–Crippen LogP) is 2.59. The number of hydrogen-bond donors (Lipinski definition) is 1. The number of aromatic hydroxyl groups is 1. The molecule has 6 nitrogen and oxygen atoms in total. The van der Waals surface area contributed by atoms with Crippen LogP contribution in [0.15, 0.2) is 23.1 Å². The summed E-state index contributed by atoms with van der Waals surface area (Å²) in [4.78, 5) is 36.9. The summed E-state index contributed by atoms with van der Waals surface area (Å²) in [6.45, 7) is 1.44. The molecule has 1 atom stereocenters. The van der Waals surface area contributed by atoms with E-state index in [-0.39, 0.29) is 10.7 Å². The van der Waals surface area contributed by atoms with Gasteiger partial charge in [0, 0.05) is 0 Å². The van der Waals surface area contributed by atoms with Crippen molar-refractivity contribution >= 4 is 57.5 Å². The second-order valence-corrected chi connectivity index (χ2v) is 6.62. The zero-order valence-electron chi connectivity index (χ0n) is 11.7. The third kappa shape index (κ3) is 3.27. The van der Waals surface area contributed by atoms with Gasteiger partial charge in [-0.2, -0.15) is 0 Å². The van der Waals surface area contributed by atoms with Crippen LogP contribution in [0.4, 0.5) is 4.79 Å². The van der Waals surface area contributed by atoms with Crippen LogP contribution in [0.2, 0.25) is 0 Å². The number of halogens is 1. The summed E-state index contributed by atoms with van der Waals surface area (Å²) in [5.74, 6) is -1.04. The monoisotopic (exact) mass is 433 g/mol. The van der Waals surface area contributed by atoms with Gasteiger partial charge in [-0.05, 0) is 65.0 Å². The fourth-order valence-electron chi connectivity index (χ4n) is 1.85. The van der Waals surface area contributed by atoms with Gasteiger partial charge in [0.15, 0.2) is 0 Å². The van der Waals surface area contributed by atoms with Crippen molar-refractivity contribution in [3.05, 3.63) is 32.2 Å². The summed E-state index contributed by atoms with van der Waals surface area (Å²) in [5.41, 5.74) is 0.679. The number of carbonyl (C=O) groups excluding carboxylic acids is 3. The second kappa shape index (κ2) is 6.69. The first-order valence-electron chi connectivity index (χ1n) is 6.18. The molecule has 0 spiro atoms. The molecule has 1 saturated heterocycles. The summed E-state index contributed by atoms with van der Waals surface area (Å²) in [7, 11) is 1.20. The Morgan fingerprint density at radius 1 is 1.45 bits per heavy atom. The second-order valence-electron chi connectivity index (χ2n) is 4.46. The Morgan fingerprint density at radius 2 is 2.14 bits per heavy atom. The lowest BCUT2D eigenvalue weighted by Crippen LogP contribution is -2.42. The van der Waals surface area contributed by atoms with E-state index >= 15 is 0 Å². The Bertz CT molecular complexity index is 688. The molecule has 0 aliphatic carbocycles. The minimum Gasteiger partial charge on any atom is -0.507 e. The molecule has 0 aromatic heterocycles. The van der Waals surface area contributed by atoms with E-state index in [4.69, 9.17) is 0 Å². The van der Waals surface area contributed by atoms with Crippen LogP contribution in [-0.4, -0.2) is 40.3 Å². The Hall–Kier alpha value is -1.55. The van der Waals surface area contributed by atoms with Crippen molar-refractivity contribution in [1.82, 2.24) is 4.90 Å². The van der Waals surface area contributed by atoms with Crippen molar-refractivity contribution in [2.24, 2.45) is 0 Å². The number of nitrogens with zero attached hydrogens (tertiary/aromatic N) is 1. The highest BCUT2D eigenvalue weighted by molar-refractivity contribution is 14.1. The van der Waals surface area contributed by atoms with Crippen molar-refractivity contribution in [3.63, 3.8) is 0 Å². The summed E-state index contributed by atoms with van der Waals surface area (Å²) in [6.07, 6.45) is 1.55. The SMILES string of the molecule is COC(=O)C(C)N1C(=O)S/C(=C/c2ccc(O)c(I)c2)C1=O. The molecule has 1 aliphatic heterocycles. The number of carbonyl (C=O) groups is 3. The van der Waals surface area contributed by atoms with Gasteiger partial charge in [-0.25, -0.2) is 4.79 Å². The summed E-state index contributed by atoms with van der Waals surface area (Å²) >= 11 is 2.73. The highest BCUT2D eigenvalue weighted by atomic mass is 127. The number of phenols is 1. The Balaban J connectivity index is 2.29. The number of phenolic OH excluding ortho intramolecular Hbond substituents is 1. The van der Waals surface area contributed by atoms with Crippen molar-refractivity contribution in [2.45, 2.75) is 13.0 Å². The molecule has 8 heteroatoms. The van der Waals surface area contributed by atoms with Gasteiger partial charge in [-0.15, -0.1) is 0 Å². The maximum atomic E-state index is 12.3. The Labute approximate surface area is 144 Å². The number of amides is 2. The van der Waals surface area contributed by atoms with E-state index in [0.717, 1.165) is 16.7 Å². The molecule has 1 N–H and O–H groups in total. The highest BCUT2D eigenvalue weighted by Gasteiger charge is 2.41. The maximum absolute atomic E-state index is 12.3. The molecular weight excluding hydrogens is 421 g/mol. The van der Waals surface area contributed by atoms with Gasteiger partial charge in [0.1, 0.15) is 11.8 Å². The molecule has 1 heterocycles. The normalized spacial score (nSPS) is 18.0. The van der Waals surface area contributed by atoms with Gasteiger partial charge in [-0.3, -0.25) is 14.5 Å². The van der Waals surface area contributed by atoms with Gasteiger partial charge >= 0.3 is 5.97 Å². The average molecular weight is 433 g/mol. The van der Waals surface area contributed by atoms with E-state index < -0.39 is 23.2 Å². The van der Waals surface area contributed by atoms with Crippen LogP contribution in [0.25, 0.3) is 6.08 Å². The molecule has 116 valence electrons. The van der Waals surface area contributed by atoms with Crippen molar-refractivity contribution in [1.29, 1.82) is 0 Å². The smallest absolute Gasteiger partial charge is 0.328 e. The molecule has 1 fully saturated rings. The molecule has 2 amide bonds. The fraction of sp³-hybridized carbons (Fsp3) is 0.214. The lowest BCUT2D eigenvalue weighted by molar-refractivity contribution is -0.148. The molecule has 0 radical (unpaired) electrons. The average Bonchev–Trinajstić information content (AvgIpc) is 2.75. The van der Waals surface area contributed by atoms with Crippen LogP contribution in [0, 0.1) is 3.57 Å².